The number of phenolic OH excluding ortho intramolecular Hbond substituents is 1. The molecule has 0 heterocycles. The van der Waals surface area contributed by atoms with E-state index in [4.69, 9.17) is 5.11 Å². The molecule has 1 aromatic rings. The Morgan fingerprint density at radius 2 is 1.93 bits per heavy atom. The summed E-state index contributed by atoms with van der Waals surface area (Å²) in [4.78, 5) is 9.63. The predicted octanol–water partition coefficient (Wildman–Crippen LogP) is -2.89. The molecule has 0 radical (unpaired) electrons. The summed E-state index contributed by atoms with van der Waals surface area (Å²) in [6.45, 7) is 0. The fraction of sp³-hybridized carbons (Fsp3) is 0. The van der Waals surface area contributed by atoms with Crippen LogP contribution in [0.1, 0.15) is 10.4 Å². The van der Waals surface area contributed by atoms with Crippen molar-refractivity contribution in [3.8, 4) is 5.75 Å². The van der Waals surface area contributed by atoms with Crippen molar-refractivity contribution in [2.24, 2.45) is 0 Å². The van der Waals surface area contributed by atoms with Crippen LogP contribution in [-0.4, -0.2) is 24.4 Å². The molecule has 0 aromatic heterocycles. The number of carbonyl (C=O) groups is 1. The van der Waals surface area contributed by atoms with Crippen LogP contribution >= 0.6 is 0 Å². The van der Waals surface area contributed by atoms with Crippen molar-refractivity contribution in [3.63, 3.8) is 0 Å². The van der Waals surface area contributed by atoms with E-state index in [0.29, 0.717) is 0 Å². The second kappa shape index (κ2) is 4.90. The van der Waals surface area contributed by atoms with Crippen molar-refractivity contribution < 1.29 is 52.4 Å². The normalized spacial score (nSPS) is 10.4. The zero-order valence-corrected chi connectivity index (χ0v) is 10.1. The van der Waals surface area contributed by atoms with E-state index < -0.39 is 26.3 Å². The van der Waals surface area contributed by atoms with E-state index in [1.54, 1.807) is 0 Å². The van der Waals surface area contributed by atoms with Crippen LogP contribution in [0, 0.1) is 0 Å². The summed E-state index contributed by atoms with van der Waals surface area (Å²) >= 11 is 0. The molecule has 0 saturated carbocycles. The summed E-state index contributed by atoms with van der Waals surface area (Å²) in [7, 11) is -4.71. The first kappa shape index (κ1) is 13.6. The van der Waals surface area contributed by atoms with E-state index in [-0.39, 0.29) is 35.8 Å². The van der Waals surface area contributed by atoms with Crippen molar-refractivity contribution in [1.82, 2.24) is 0 Å². The second-order valence-corrected chi connectivity index (χ2v) is 3.61. The van der Waals surface area contributed by atoms with Crippen molar-refractivity contribution in [2.45, 2.75) is 4.90 Å². The molecule has 0 unspecified atom stereocenters. The minimum Gasteiger partial charge on any atom is -0.744 e. The van der Waals surface area contributed by atoms with Gasteiger partial charge in [0, 0.05) is 0 Å². The molecule has 0 atom stereocenters. The SMILES string of the molecule is O=Cc1c(O)cccc1S(=O)(=O)[O-].[Na+]. The van der Waals surface area contributed by atoms with Gasteiger partial charge in [0.15, 0.2) is 6.29 Å². The molecule has 0 aliphatic heterocycles. The number of phenols is 1. The standard InChI is InChI=1S/C7H6O5S.Na/c8-4-5-6(9)2-1-3-7(5)13(10,11)12;/h1-4,9H,(H,10,11,12);/q;+1/p-1. The van der Waals surface area contributed by atoms with Crippen molar-refractivity contribution in [1.29, 1.82) is 0 Å². The van der Waals surface area contributed by atoms with E-state index in [1.165, 1.54) is 6.07 Å². The van der Waals surface area contributed by atoms with Crippen molar-refractivity contribution in [3.05, 3.63) is 23.8 Å². The number of rotatable bonds is 2. The number of aromatic hydroxyl groups is 1. The van der Waals surface area contributed by atoms with Crippen molar-refractivity contribution >= 4 is 16.4 Å². The van der Waals surface area contributed by atoms with Gasteiger partial charge in [0.2, 0.25) is 0 Å². The Balaban J connectivity index is 0.00000169. The molecule has 0 aliphatic rings. The minimum absolute atomic E-state index is 0. The number of carbonyl (C=O) groups excluding carboxylic acids is 1. The molecule has 1 N–H and O–H groups in total. The first-order valence-corrected chi connectivity index (χ1v) is 4.60. The Hall–Kier alpha value is -0.400. The number of hydrogen-bond donors (Lipinski definition) is 1. The molecule has 1 rings (SSSR count). The molecule has 0 spiro atoms. The van der Waals surface area contributed by atoms with Crippen LogP contribution in [0.15, 0.2) is 23.1 Å². The van der Waals surface area contributed by atoms with Crippen LogP contribution in [-0.2, 0) is 10.1 Å². The Labute approximate surface area is 103 Å². The van der Waals surface area contributed by atoms with Gasteiger partial charge < -0.3 is 9.66 Å². The average Bonchev–Trinajstić information content (AvgIpc) is 2.02. The monoisotopic (exact) mass is 224 g/mol. The molecule has 14 heavy (non-hydrogen) atoms. The Bertz CT molecular complexity index is 439. The third kappa shape index (κ3) is 2.79. The van der Waals surface area contributed by atoms with Gasteiger partial charge in [0.1, 0.15) is 15.9 Å². The smallest absolute Gasteiger partial charge is 0.744 e. The van der Waals surface area contributed by atoms with Gasteiger partial charge in [0.05, 0.1) is 10.5 Å². The van der Waals surface area contributed by atoms with Gasteiger partial charge in [-0.25, -0.2) is 8.42 Å². The van der Waals surface area contributed by atoms with Gasteiger partial charge in [-0.05, 0) is 12.1 Å². The average molecular weight is 224 g/mol. The van der Waals surface area contributed by atoms with Gasteiger partial charge in [-0.15, -0.1) is 0 Å². The van der Waals surface area contributed by atoms with Crippen molar-refractivity contribution in [2.75, 3.05) is 0 Å². The second-order valence-electron chi connectivity index (χ2n) is 2.26. The zero-order chi connectivity index (χ0) is 10.1. The summed E-state index contributed by atoms with van der Waals surface area (Å²) in [5, 5.41) is 9.02. The van der Waals surface area contributed by atoms with Crippen LogP contribution in [0.25, 0.3) is 0 Å². The molecule has 0 bridgehead atoms. The van der Waals surface area contributed by atoms with Crippen LogP contribution in [0.5, 0.6) is 5.75 Å². The van der Waals surface area contributed by atoms with Gasteiger partial charge in [-0.2, -0.15) is 0 Å². The summed E-state index contributed by atoms with van der Waals surface area (Å²) in [6, 6.07) is 3.26. The maximum absolute atomic E-state index is 10.5. The molecular weight excluding hydrogens is 219 g/mol. The van der Waals surface area contributed by atoms with Gasteiger partial charge >= 0.3 is 29.6 Å². The maximum Gasteiger partial charge on any atom is 1.00 e. The van der Waals surface area contributed by atoms with Crippen LogP contribution in [0.4, 0.5) is 0 Å². The van der Waals surface area contributed by atoms with Gasteiger partial charge in [0.25, 0.3) is 0 Å². The summed E-state index contributed by atoms with van der Waals surface area (Å²) in [6.07, 6.45) is 0.125. The van der Waals surface area contributed by atoms with Crippen LogP contribution < -0.4 is 29.6 Å². The Kier molecular flexibility index (Phi) is 4.76. The minimum atomic E-state index is -4.71. The largest absolute Gasteiger partial charge is 1.00 e. The number of benzene rings is 1. The summed E-state index contributed by atoms with van der Waals surface area (Å²) < 4.78 is 31.6. The van der Waals surface area contributed by atoms with Gasteiger partial charge in [-0.3, -0.25) is 4.79 Å². The zero-order valence-electron chi connectivity index (χ0n) is 7.30. The molecular formula is C7H5NaO5S. The van der Waals surface area contributed by atoms with E-state index in [9.17, 15) is 17.8 Å². The quantitative estimate of drug-likeness (QED) is 0.330. The molecule has 5 nitrogen and oxygen atoms in total. The summed E-state index contributed by atoms with van der Waals surface area (Å²) in [5.41, 5.74) is -0.502. The Morgan fingerprint density at radius 1 is 1.36 bits per heavy atom. The van der Waals surface area contributed by atoms with Crippen LogP contribution in [0.3, 0.4) is 0 Å². The predicted molar refractivity (Wildman–Crippen MR) is 41.5 cm³/mol. The number of aldehydes is 1. The van der Waals surface area contributed by atoms with Crippen LogP contribution in [0.2, 0.25) is 0 Å². The first-order chi connectivity index (χ1) is 5.96. The maximum atomic E-state index is 10.5. The molecule has 70 valence electrons. The first-order valence-electron chi connectivity index (χ1n) is 3.20. The van der Waals surface area contributed by atoms with E-state index in [1.807, 2.05) is 0 Å². The molecule has 7 heteroatoms. The molecule has 0 fully saturated rings. The fourth-order valence-corrected chi connectivity index (χ4v) is 1.54. The third-order valence-electron chi connectivity index (χ3n) is 1.43. The topological polar surface area (TPSA) is 94.5 Å². The van der Waals surface area contributed by atoms with Gasteiger partial charge in [-0.1, -0.05) is 6.07 Å². The molecule has 0 amide bonds. The Morgan fingerprint density at radius 3 is 2.29 bits per heavy atom. The number of hydrogen-bond acceptors (Lipinski definition) is 5. The van der Waals surface area contributed by atoms with E-state index in [0.717, 1.165) is 12.1 Å². The van der Waals surface area contributed by atoms with E-state index in [2.05, 4.69) is 0 Å². The molecule has 0 saturated heterocycles. The molecule has 0 aliphatic carbocycles. The van der Waals surface area contributed by atoms with E-state index >= 15 is 0 Å². The third-order valence-corrected chi connectivity index (χ3v) is 2.32. The molecule has 1 aromatic carbocycles. The fourth-order valence-electron chi connectivity index (χ4n) is 0.869. The summed E-state index contributed by atoms with van der Waals surface area (Å²) in [5.74, 6) is -0.521.